The lowest BCUT2D eigenvalue weighted by Gasteiger charge is -2.24. The average Bonchev–Trinajstić information content (AvgIpc) is 2.63. The fourth-order valence-electron chi connectivity index (χ4n) is 2.90. The van der Waals surface area contributed by atoms with Crippen molar-refractivity contribution in [2.75, 3.05) is 19.8 Å². The fraction of sp³-hybridized carbons (Fsp3) is 0.652. The number of rotatable bonds is 11. The molecule has 1 aromatic rings. The molecule has 0 heterocycles. The van der Waals surface area contributed by atoms with E-state index in [1.807, 2.05) is 52.8 Å². The Hall–Kier alpha value is -2.44. The van der Waals surface area contributed by atoms with Gasteiger partial charge in [0.2, 0.25) is 5.91 Å². The highest BCUT2D eigenvalue weighted by atomic mass is 16.6. The van der Waals surface area contributed by atoms with Crippen LogP contribution < -0.4 is 20.1 Å². The minimum Gasteiger partial charge on any atom is -0.490 e. The molecule has 2 N–H and O–H groups in total. The zero-order valence-corrected chi connectivity index (χ0v) is 19.5. The molecule has 0 aliphatic rings. The Morgan fingerprint density at radius 2 is 1.67 bits per heavy atom. The van der Waals surface area contributed by atoms with E-state index in [-0.39, 0.29) is 17.9 Å². The Labute approximate surface area is 180 Å². The molecule has 0 aliphatic heterocycles. The van der Waals surface area contributed by atoms with E-state index >= 15 is 0 Å². The van der Waals surface area contributed by atoms with E-state index in [9.17, 15) is 9.59 Å². The van der Waals surface area contributed by atoms with Crippen LogP contribution in [-0.4, -0.2) is 37.4 Å². The molecular formula is C23H38N2O5. The molecule has 0 aromatic heterocycles. The summed E-state index contributed by atoms with van der Waals surface area (Å²) in [5.41, 5.74) is 0.432. The number of amides is 2. The summed E-state index contributed by atoms with van der Waals surface area (Å²) in [4.78, 5) is 24.1. The van der Waals surface area contributed by atoms with E-state index in [1.165, 1.54) is 0 Å². The number of hydrogen-bond acceptors (Lipinski definition) is 5. The second-order valence-corrected chi connectivity index (χ2v) is 8.39. The van der Waals surface area contributed by atoms with Crippen molar-refractivity contribution in [2.45, 2.75) is 73.0 Å². The molecule has 170 valence electrons. The Balaban J connectivity index is 2.66. The molecule has 2 amide bonds. The maximum atomic E-state index is 12.5. The quantitative estimate of drug-likeness (QED) is 0.509. The summed E-state index contributed by atoms with van der Waals surface area (Å²) in [7, 11) is 0. The highest BCUT2D eigenvalue weighted by molar-refractivity contribution is 5.76. The molecule has 7 nitrogen and oxygen atoms in total. The minimum atomic E-state index is -0.538. The number of nitrogens with one attached hydrogen (secondary N) is 2. The van der Waals surface area contributed by atoms with Crippen molar-refractivity contribution >= 4 is 12.0 Å². The van der Waals surface area contributed by atoms with Crippen molar-refractivity contribution in [2.24, 2.45) is 5.92 Å². The maximum Gasteiger partial charge on any atom is 0.407 e. The molecule has 0 aliphatic carbocycles. The van der Waals surface area contributed by atoms with Crippen LogP contribution in [0.2, 0.25) is 0 Å². The molecule has 1 atom stereocenters. The molecular weight excluding hydrogens is 384 g/mol. The van der Waals surface area contributed by atoms with Crippen LogP contribution in [0.1, 0.15) is 72.9 Å². The van der Waals surface area contributed by atoms with Gasteiger partial charge in [-0.2, -0.15) is 0 Å². The zero-order chi connectivity index (χ0) is 22.7. The summed E-state index contributed by atoms with van der Waals surface area (Å²) in [5, 5.41) is 5.77. The van der Waals surface area contributed by atoms with Crippen molar-refractivity contribution in [3.05, 3.63) is 23.8 Å². The predicted octanol–water partition coefficient (Wildman–Crippen LogP) is 4.60. The molecule has 1 aromatic carbocycles. The lowest BCUT2D eigenvalue weighted by molar-refractivity contribution is -0.122. The molecule has 1 unspecified atom stereocenters. The first-order chi connectivity index (χ1) is 14.1. The topological polar surface area (TPSA) is 85.9 Å². The Kier molecular flexibility index (Phi) is 10.5. The van der Waals surface area contributed by atoms with Crippen LogP contribution in [0.25, 0.3) is 0 Å². The molecule has 7 heteroatoms. The van der Waals surface area contributed by atoms with Crippen LogP contribution >= 0.6 is 0 Å². The second kappa shape index (κ2) is 12.3. The summed E-state index contributed by atoms with van der Waals surface area (Å²) in [6.07, 6.45) is 0.373. The Morgan fingerprint density at radius 3 is 2.23 bits per heavy atom. The van der Waals surface area contributed by atoms with Gasteiger partial charge in [0.15, 0.2) is 11.5 Å². The Bertz CT molecular complexity index is 683. The monoisotopic (exact) mass is 422 g/mol. The fourth-order valence-corrected chi connectivity index (χ4v) is 2.90. The average molecular weight is 423 g/mol. The standard InChI is InChI=1S/C23H38N2O5/c1-8-28-18-13-12-17(15-19(18)29-9-2)21(16(3)4)25-20(26)11-10-14-24-22(27)30-23(5,6)7/h12-13,15-16,21H,8-11,14H2,1-7H3,(H,24,27)(H,25,26). The zero-order valence-electron chi connectivity index (χ0n) is 19.5. The van der Waals surface area contributed by atoms with Gasteiger partial charge in [0.1, 0.15) is 5.60 Å². The summed E-state index contributed by atoms with van der Waals surface area (Å²) in [6.45, 7) is 14.9. The largest absolute Gasteiger partial charge is 0.490 e. The molecule has 0 bridgehead atoms. The third-order valence-electron chi connectivity index (χ3n) is 4.16. The number of ether oxygens (including phenoxy) is 3. The van der Waals surface area contributed by atoms with E-state index in [4.69, 9.17) is 14.2 Å². The van der Waals surface area contributed by atoms with Crippen LogP contribution in [0.15, 0.2) is 18.2 Å². The van der Waals surface area contributed by atoms with E-state index in [1.54, 1.807) is 0 Å². The summed E-state index contributed by atoms with van der Waals surface area (Å²) >= 11 is 0. The number of alkyl carbamates (subject to hydrolysis) is 1. The van der Waals surface area contributed by atoms with Crippen LogP contribution in [0.5, 0.6) is 11.5 Å². The van der Waals surface area contributed by atoms with E-state index in [2.05, 4.69) is 24.5 Å². The van der Waals surface area contributed by atoms with Crippen molar-refractivity contribution in [1.29, 1.82) is 0 Å². The first kappa shape index (κ1) is 25.6. The van der Waals surface area contributed by atoms with Crippen molar-refractivity contribution in [3.8, 4) is 11.5 Å². The Morgan fingerprint density at radius 1 is 1.03 bits per heavy atom. The summed E-state index contributed by atoms with van der Waals surface area (Å²) < 4.78 is 16.5. The molecule has 0 radical (unpaired) electrons. The van der Waals surface area contributed by atoms with Crippen molar-refractivity contribution < 1.29 is 23.8 Å². The van der Waals surface area contributed by atoms with Gasteiger partial charge < -0.3 is 24.8 Å². The highest BCUT2D eigenvalue weighted by Gasteiger charge is 2.20. The van der Waals surface area contributed by atoms with Crippen LogP contribution in [0.3, 0.4) is 0 Å². The molecule has 1 rings (SSSR count). The lowest BCUT2D eigenvalue weighted by Crippen LogP contribution is -2.34. The lowest BCUT2D eigenvalue weighted by atomic mass is 9.95. The SMILES string of the molecule is CCOc1ccc(C(NC(=O)CCCNC(=O)OC(C)(C)C)C(C)C)cc1OCC. The molecule has 0 fully saturated rings. The van der Waals surface area contributed by atoms with Crippen molar-refractivity contribution in [1.82, 2.24) is 10.6 Å². The van der Waals surface area contributed by atoms with Gasteiger partial charge in [-0.3, -0.25) is 4.79 Å². The first-order valence-electron chi connectivity index (χ1n) is 10.7. The highest BCUT2D eigenvalue weighted by Crippen LogP contribution is 2.33. The number of carbonyl (C=O) groups excluding carboxylic acids is 2. The van der Waals surface area contributed by atoms with Gasteiger partial charge in [0.05, 0.1) is 19.3 Å². The van der Waals surface area contributed by atoms with Crippen LogP contribution in [0.4, 0.5) is 4.79 Å². The molecule has 0 spiro atoms. The summed E-state index contributed by atoms with van der Waals surface area (Å²) in [5.74, 6) is 1.51. The van der Waals surface area contributed by atoms with Crippen LogP contribution in [0, 0.1) is 5.92 Å². The normalized spacial score (nSPS) is 12.3. The van der Waals surface area contributed by atoms with Crippen LogP contribution in [-0.2, 0) is 9.53 Å². The van der Waals surface area contributed by atoms with Gasteiger partial charge in [0, 0.05) is 13.0 Å². The van der Waals surface area contributed by atoms with Gasteiger partial charge in [-0.05, 0) is 64.7 Å². The molecule has 30 heavy (non-hydrogen) atoms. The van der Waals surface area contributed by atoms with Gasteiger partial charge in [-0.1, -0.05) is 19.9 Å². The predicted molar refractivity (Wildman–Crippen MR) is 118 cm³/mol. The van der Waals surface area contributed by atoms with Gasteiger partial charge in [0.25, 0.3) is 0 Å². The van der Waals surface area contributed by atoms with Gasteiger partial charge >= 0.3 is 6.09 Å². The third-order valence-corrected chi connectivity index (χ3v) is 4.16. The smallest absolute Gasteiger partial charge is 0.407 e. The number of carbonyl (C=O) groups is 2. The first-order valence-corrected chi connectivity index (χ1v) is 10.7. The third kappa shape index (κ3) is 9.37. The van der Waals surface area contributed by atoms with E-state index in [0.29, 0.717) is 44.1 Å². The molecule has 0 saturated heterocycles. The second-order valence-electron chi connectivity index (χ2n) is 8.39. The molecule has 0 saturated carbocycles. The van der Waals surface area contributed by atoms with Crippen molar-refractivity contribution in [3.63, 3.8) is 0 Å². The van der Waals surface area contributed by atoms with E-state index < -0.39 is 11.7 Å². The number of benzene rings is 1. The van der Waals surface area contributed by atoms with Gasteiger partial charge in [-0.25, -0.2) is 4.79 Å². The van der Waals surface area contributed by atoms with Gasteiger partial charge in [-0.15, -0.1) is 0 Å². The number of hydrogen-bond donors (Lipinski definition) is 2. The van der Waals surface area contributed by atoms with E-state index in [0.717, 1.165) is 5.56 Å². The maximum absolute atomic E-state index is 12.5. The minimum absolute atomic E-state index is 0.0634. The summed E-state index contributed by atoms with van der Waals surface area (Å²) in [6, 6.07) is 5.63.